The van der Waals surface area contributed by atoms with Crippen molar-refractivity contribution >= 4 is 42.4 Å². The first-order valence-corrected chi connectivity index (χ1v) is 7.53. The third-order valence-corrected chi connectivity index (χ3v) is 2.86. The zero-order chi connectivity index (χ0) is 21.8. The van der Waals surface area contributed by atoms with Crippen molar-refractivity contribution in [2.24, 2.45) is 5.73 Å². The van der Waals surface area contributed by atoms with Crippen molar-refractivity contribution in [3.05, 3.63) is 0 Å². The Hall–Kier alpha value is -2.55. The molecule has 0 rings (SSSR count). The van der Waals surface area contributed by atoms with E-state index in [1.54, 1.807) is 0 Å². The van der Waals surface area contributed by atoms with Crippen molar-refractivity contribution in [3.8, 4) is 0 Å². The molecule has 156 valence electrons. The van der Waals surface area contributed by atoms with Crippen LogP contribution in [-0.4, -0.2) is 75.6 Å². The van der Waals surface area contributed by atoms with Crippen molar-refractivity contribution in [1.82, 2.24) is 10.6 Å². The van der Waals surface area contributed by atoms with Crippen LogP contribution in [0.5, 0.6) is 0 Å². The molecule has 0 heterocycles. The van der Waals surface area contributed by atoms with Gasteiger partial charge in [0.2, 0.25) is 11.8 Å². The fraction of sp³-hybridized carbons (Fsp3) is 0.583. The van der Waals surface area contributed by atoms with Gasteiger partial charge in [-0.2, -0.15) is 25.8 Å². The third kappa shape index (κ3) is 14.3. The number of nitrogens with two attached hydrogens (primary N) is 1. The van der Waals surface area contributed by atoms with Crippen LogP contribution in [0.4, 0.5) is 13.2 Å². The van der Waals surface area contributed by atoms with Gasteiger partial charge >= 0.3 is 24.1 Å². The Morgan fingerprint density at radius 2 is 1.56 bits per heavy atom. The van der Waals surface area contributed by atoms with E-state index in [9.17, 15) is 32.3 Å². The van der Waals surface area contributed by atoms with Crippen molar-refractivity contribution < 1.29 is 52.5 Å². The summed E-state index contributed by atoms with van der Waals surface area (Å²) in [7, 11) is 0. The maximum absolute atomic E-state index is 11.5. The van der Waals surface area contributed by atoms with Crippen molar-refractivity contribution in [3.63, 3.8) is 0 Å². The lowest BCUT2D eigenvalue weighted by Gasteiger charge is -2.16. The second kappa shape index (κ2) is 12.7. The predicted molar refractivity (Wildman–Crippen MR) is 85.0 cm³/mol. The predicted octanol–water partition coefficient (Wildman–Crippen LogP) is -1.57. The van der Waals surface area contributed by atoms with Gasteiger partial charge in [-0.3, -0.25) is 19.2 Å². The van der Waals surface area contributed by atoms with Crippen molar-refractivity contribution in [2.75, 3.05) is 12.3 Å². The molecule has 0 aliphatic rings. The molecule has 0 fully saturated rings. The number of rotatable bonds is 9. The first-order valence-electron chi connectivity index (χ1n) is 6.90. The molecule has 0 bridgehead atoms. The molecule has 7 N–H and O–H groups in total. The molecule has 0 saturated carbocycles. The lowest BCUT2D eigenvalue weighted by molar-refractivity contribution is -0.192. The van der Waals surface area contributed by atoms with Crippen LogP contribution in [0.3, 0.4) is 0 Å². The van der Waals surface area contributed by atoms with Gasteiger partial charge in [0, 0.05) is 12.2 Å². The number of halogens is 3. The minimum absolute atomic E-state index is 0.0256. The van der Waals surface area contributed by atoms with E-state index < -0.39 is 54.5 Å². The largest absolute Gasteiger partial charge is 0.490 e. The van der Waals surface area contributed by atoms with E-state index in [1.807, 2.05) is 0 Å². The fourth-order valence-electron chi connectivity index (χ4n) is 1.16. The summed E-state index contributed by atoms with van der Waals surface area (Å²) >= 11 is 3.87. The number of amides is 2. The maximum Gasteiger partial charge on any atom is 0.490 e. The van der Waals surface area contributed by atoms with Gasteiger partial charge < -0.3 is 31.7 Å². The second-order valence-electron chi connectivity index (χ2n) is 4.70. The van der Waals surface area contributed by atoms with Gasteiger partial charge in [-0.05, 0) is 6.42 Å². The topological polar surface area (TPSA) is 196 Å². The molecule has 0 aromatic carbocycles. The van der Waals surface area contributed by atoms with Crippen molar-refractivity contribution in [1.29, 1.82) is 0 Å². The van der Waals surface area contributed by atoms with Crippen molar-refractivity contribution in [2.45, 2.75) is 31.1 Å². The Labute approximate surface area is 155 Å². The monoisotopic (exact) mass is 421 g/mol. The highest BCUT2D eigenvalue weighted by molar-refractivity contribution is 7.80. The molecule has 27 heavy (non-hydrogen) atoms. The van der Waals surface area contributed by atoms with Crippen LogP contribution in [-0.2, 0) is 24.0 Å². The summed E-state index contributed by atoms with van der Waals surface area (Å²) in [6, 6.07) is -2.15. The molecular weight excluding hydrogens is 403 g/mol. The number of carboxylic acids is 3. The number of hydrogen-bond acceptors (Lipinski definition) is 7. The number of carboxylic acid groups (broad SMARTS) is 3. The number of aliphatic carboxylic acids is 3. The summed E-state index contributed by atoms with van der Waals surface area (Å²) in [5.74, 6) is -6.46. The van der Waals surface area contributed by atoms with Crippen LogP contribution in [0.1, 0.15) is 12.8 Å². The number of thiol groups is 1. The molecule has 0 aliphatic carbocycles. The van der Waals surface area contributed by atoms with E-state index in [0.29, 0.717) is 0 Å². The molecule has 0 aliphatic heterocycles. The zero-order valence-electron chi connectivity index (χ0n) is 13.5. The summed E-state index contributed by atoms with van der Waals surface area (Å²) < 4.78 is 31.7. The summed E-state index contributed by atoms with van der Waals surface area (Å²) in [6.45, 7) is -0.567. The molecule has 2 unspecified atom stereocenters. The van der Waals surface area contributed by atoms with E-state index >= 15 is 0 Å². The van der Waals surface area contributed by atoms with E-state index in [0.717, 1.165) is 0 Å². The van der Waals surface area contributed by atoms with Crippen LogP contribution in [0.2, 0.25) is 0 Å². The van der Waals surface area contributed by atoms with Gasteiger partial charge in [0.05, 0.1) is 0 Å². The molecule has 2 atom stereocenters. The Kier molecular flexibility index (Phi) is 12.6. The standard InChI is InChI=1S/C10H17N3O6S.C2HF3O2/c11-5(10(18)19)1-2-7(14)13-6(4-20)9(17)12-3-8(15)16;3-2(4,5)1(6)7/h5-6,20H,1-4,11H2,(H,12,17)(H,13,14)(H,15,16)(H,18,19);(H,6,7). The first-order chi connectivity index (χ1) is 12.2. The number of hydrogen-bond donors (Lipinski definition) is 7. The van der Waals surface area contributed by atoms with Gasteiger partial charge in [-0.1, -0.05) is 0 Å². The molecule has 0 aromatic rings. The van der Waals surface area contributed by atoms with E-state index in [1.165, 1.54) is 0 Å². The number of carbonyl (C=O) groups excluding carboxylic acids is 2. The lowest BCUT2D eigenvalue weighted by Crippen LogP contribution is -2.49. The lowest BCUT2D eigenvalue weighted by atomic mass is 10.1. The molecule has 0 aromatic heterocycles. The average molecular weight is 421 g/mol. The summed E-state index contributed by atoms with van der Waals surface area (Å²) in [4.78, 5) is 52.6. The Morgan fingerprint density at radius 1 is 1.07 bits per heavy atom. The van der Waals surface area contributed by atoms with Gasteiger partial charge in [-0.15, -0.1) is 0 Å². The average Bonchev–Trinajstić information content (AvgIpc) is 2.54. The first kappa shape index (κ1) is 26.7. The molecule has 0 saturated heterocycles. The van der Waals surface area contributed by atoms with Crippen LogP contribution >= 0.6 is 12.6 Å². The number of carbonyl (C=O) groups is 5. The van der Waals surface area contributed by atoms with Gasteiger partial charge in [0.25, 0.3) is 0 Å². The van der Waals surface area contributed by atoms with Gasteiger partial charge in [-0.25, -0.2) is 4.79 Å². The molecule has 11 nitrogen and oxygen atoms in total. The highest BCUT2D eigenvalue weighted by Crippen LogP contribution is 2.13. The third-order valence-electron chi connectivity index (χ3n) is 2.49. The van der Waals surface area contributed by atoms with E-state index in [4.69, 9.17) is 25.8 Å². The molecule has 0 spiro atoms. The minimum Gasteiger partial charge on any atom is -0.480 e. The quantitative estimate of drug-likeness (QED) is 0.215. The maximum atomic E-state index is 11.5. The minimum atomic E-state index is -5.08. The fourth-order valence-corrected chi connectivity index (χ4v) is 1.41. The Balaban J connectivity index is 0. The highest BCUT2D eigenvalue weighted by atomic mass is 32.1. The van der Waals surface area contributed by atoms with E-state index in [-0.39, 0.29) is 18.6 Å². The summed E-state index contributed by atoms with van der Waals surface area (Å²) in [5.41, 5.74) is 5.23. The van der Waals surface area contributed by atoms with Crippen LogP contribution in [0, 0.1) is 0 Å². The smallest absolute Gasteiger partial charge is 0.480 e. The number of nitrogens with one attached hydrogen (secondary N) is 2. The summed E-state index contributed by atoms with van der Waals surface area (Å²) in [6.07, 6.45) is -5.32. The molecule has 15 heteroatoms. The van der Waals surface area contributed by atoms with E-state index in [2.05, 4.69) is 23.3 Å². The van der Waals surface area contributed by atoms with Gasteiger partial charge in [0.15, 0.2) is 0 Å². The van der Waals surface area contributed by atoms with Crippen LogP contribution in [0.15, 0.2) is 0 Å². The van der Waals surface area contributed by atoms with Crippen LogP contribution < -0.4 is 16.4 Å². The Bertz CT molecular complexity index is 558. The molecular formula is C12H18F3N3O8S. The zero-order valence-corrected chi connectivity index (χ0v) is 14.4. The second-order valence-corrected chi connectivity index (χ2v) is 5.07. The SMILES string of the molecule is NC(CCC(=O)NC(CS)C(=O)NCC(=O)O)C(=O)O.O=C(O)C(F)(F)F. The number of alkyl halides is 3. The van der Waals surface area contributed by atoms with Crippen LogP contribution in [0.25, 0.3) is 0 Å². The molecule has 0 radical (unpaired) electrons. The Morgan fingerprint density at radius 3 is 1.89 bits per heavy atom. The molecule has 2 amide bonds. The highest BCUT2D eigenvalue weighted by Gasteiger charge is 2.38. The van der Waals surface area contributed by atoms with Gasteiger partial charge in [0.1, 0.15) is 18.6 Å². The normalized spacial score (nSPS) is 12.6. The summed E-state index contributed by atoms with van der Waals surface area (Å²) in [5, 5.41) is 28.5.